The van der Waals surface area contributed by atoms with Crippen molar-refractivity contribution in [3.63, 3.8) is 0 Å². The Kier molecular flexibility index (Phi) is 5.75. The predicted molar refractivity (Wildman–Crippen MR) is 71.0 cm³/mol. The van der Waals surface area contributed by atoms with E-state index < -0.39 is 6.10 Å². The molecule has 3 nitrogen and oxygen atoms in total. The summed E-state index contributed by atoms with van der Waals surface area (Å²) in [4.78, 5) is 0. The van der Waals surface area contributed by atoms with Crippen LogP contribution in [0, 0.1) is 6.92 Å². The molecule has 0 aliphatic heterocycles. The summed E-state index contributed by atoms with van der Waals surface area (Å²) in [7, 11) is 0. The van der Waals surface area contributed by atoms with Crippen LogP contribution in [-0.2, 0) is 0 Å². The van der Waals surface area contributed by atoms with Crippen LogP contribution < -0.4 is 10.1 Å². The first kappa shape index (κ1) is 14.3. The van der Waals surface area contributed by atoms with E-state index in [0.717, 1.165) is 5.75 Å². The van der Waals surface area contributed by atoms with Gasteiger partial charge >= 0.3 is 0 Å². The maximum Gasteiger partial charge on any atom is 0.119 e. The lowest BCUT2D eigenvalue weighted by atomic mass is 10.2. The Balaban J connectivity index is 0.00000144. The zero-order valence-corrected chi connectivity index (χ0v) is 10.9. The minimum atomic E-state index is -0.429. The van der Waals surface area contributed by atoms with Gasteiger partial charge in [-0.2, -0.15) is 0 Å². The molecular weight excluding hydrogens is 238 g/mol. The van der Waals surface area contributed by atoms with E-state index in [1.165, 1.54) is 18.4 Å². The first-order valence-electron chi connectivity index (χ1n) is 5.85. The van der Waals surface area contributed by atoms with Crippen molar-refractivity contribution in [3.05, 3.63) is 29.8 Å². The highest BCUT2D eigenvalue weighted by Crippen LogP contribution is 2.18. The van der Waals surface area contributed by atoms with Crippen molar-refractivity contribution in [2.24, 2.45) is 0 Å². The second kappa shape index (κ2) is 6.84. The van der Waals surface area contributed by atoms with Crippen molar-refractivity contribution in [3.8, 4) is 5.75 Å². The topological polar surface area (TPSA) is 41.5 Å². The maximum atomic E-state index is 9.65. The molecule has 0 saturated heterocycles. The van der Waals surface area contributed by atoms with E-state index in [1.54, 1.807) is 0 Å². The normalized spacial score (nSPS) is 16.1. The molecule has 0 aromatic heterocycles. The Bertz CT molecular complexity index is 325. The number of aryl methyl sites for hydroxylation is 1. The molecule has 0 spiro atoms. The van der Waals surface area contributed by atoms with Crippen molar-refractivity contribution in [2.75, 3.05) is 13.2 Å². The van der Waals surface area contributed by atoms with Gasteiger partial charge in [0.2, 0.25) is 0 Å². The highest BCUT2D eigenvalue weighted by molar-refractivity contribution is 5.85. The second-order valence-corrected chi connectivity index (χ2v) is 4.46. The zero-order chi connectivity index (χ0) is 11.4. The van der Waals surface area contributed by atoms with Gasteiger partial charge in [-0.3, -0.25) is 0 Å². The van der Waals surface area contributed by atoms with Gasteiger partial charge in [0.25, 0.3) is 0 Å². The largest absolute Gasteiger partial charge is 0.491 e. The van der Waals surface area contributed by atoms with Crippen molar-refractivity contribution in [1.82, 2.24) is 5.32 Å². The molecule has 1 fully saturated rings. The van der Waals surface area contributed by atoms with Gasteiger partial charge in [-0.15, -0.1) is 12.4 Å². The molecule has 1 aromatic rings. The molecule has 96 valence electrons. The summed E-state index contributed by atoms with van der Waals surface area (Å²) < 4.78 is 5.49. The van der Waals surface area contributed by atoms with Gasteiger partial charge in [0, 0.05) is 12.6 Å². The number of aliphatic hydroxyl groups excluding tert-OH is 1. The molecule has 0 bridgehead atoms. The van der Waals surface area contributed by atoms with Crippen LogP contribution in [0.2, 0.25) is 0 Å². The van der Waals surface area contributed by atoms with Gasteiger partial charge in [-0.05, 0) is 31.9 Å². The highest BCUT2D eigenvalue weighted by atomic mass is 35.5. The van der Waals surface area contributed by atoms with E-state index in [4.69, 9.17) is 4.74 Å². The van der Waals surface area contributed by atoms with Gasteiger partial charge in [0.05, 0.1) is 0 Å². The first-order valence-corrected chi connectivity index (χ1v) is 5.85. The fraction of sp³-hybridized carbons (Fsp3) is 0.538. The van der Waals surface area contributed by atoms with Gasteiger partial charge < -0.3 is 15.2 Å². The third-order valence-corrected chi connectivity index (χ3v) is 2.68. The summed E-state index contributed by atoms with van der Waals surface area (Å²) in [5, 5.41) is 12.9. The monoisotopic (exact) mass is 257 g/mol. The van der Waals surface area contributed by atoms with E-state index >= 15 is 0 Å². The quantitative estimate of drug-likeness (QED) is 0.818. The van der Waals surface area contributed by atoms with Crippen LogP contribution >= 0.6 is 12.4 Å². The van der Waals surface area contributed by atoms with Crippen LogP contribution in [0.4, 0.5) is 0 Å². The van der Waals surface area contributed by atoms with E-state index in [2.05, 4.69) is 5.32 Å². The lowest BCUT2D eigenvalue weighted by molar-refractivity contribution is 0.106. The summed E-state index contributed by atoms with van der Waals surface area (Å²) in [5.74, 6) is 0.816. The van der Waals surface area contributed by atoms with Crippen molar-refractivity contribution in [2.45, 2.75) is 31.9 Å². The minimum Gasteiger partial charge on any atom is -0.491 e. The fourth-order valence-electron chi connectivity index (χ4n) is 1.48. The van der Waals surface area contributed by atoms with Crippen LogP contribution in [0.3, 0.4) is 0 Å². The van der Waals surface area contributed by atoms with Crippen molar-refractivity contribution in [1.29, 1.82) is 0 Å². The highest BCUT2D eigenvalue weighted by Gasteiger charge is 2.21. The fourth-order valence-corrected chi connectivity index (χ4v) is 1.48. The molecule has 1 unspecified atom stereocenters. The Hall–Kier alpha value is -0.770. The molecule has 1 aliphatic rings. The molecular formula is C13H20ClNO2. The third-order valence-electron chi connectivity index (χ3n) is 2.68. The molecule has 1 saturated carbocycles. The van der Waals surface area contributed by atoms with E-state index in [9.17, 15) is 5.11 Å². The Morgan fingerprint density at radius 1 is 1.35 bits per heavy atom. The second-order valence-electron chi connectivity index (χ2n) is 4.46. The molecule has 1 aliphatic carbocycles. The van der Waals surface area contributed by atoms with Crippen LogP contribution in [0.25, 0.3) is 0 Å². The number of benzene rings is 1. The molecule has 4 heteroatoms. The summed E-state index contributed by atoms with van der Waals surface area (Å²) in [6, 6.07) is 8.50. The average Bonchev–Trinajstić information content (AvgIpc) is 3.09. The van der Waals surface area contributed by atoms with Crippen LogP contribution in [0.15, 0.2) is 24.3 Å². The number of hydrogen-bond acceptors (Lipinski definition) is 3. The lowest BCUT2D eigenvalue weighted by Crippen LogP contribution is -2.32. The number of rotatable bonds is 6. The summed E-state index contributed by atoms with van der Waals surface area (Å²) in [6.07, 6.45) is 2.05. The van der Waals surface area contributed by atoms with Gasteiger partial charge in [-0.25, -0.2) is 0 Å². The number of ether oxygens (including phenoxy) is 1. The minimum absolute atomic E-state index is 0. The lowest BCUT2D eigenvalue weighted by Gasteiger charge is -2.13. The van der Waals surface area contributed by atoms with E-state index in [0.29, 0.717) is 19.2 Å². The summed E-state index contributed by atoms with van der Waals surface area (Å²) in [6.45, 7) is 3.01. The number of hydrogen-bond donors (Lipinski definition) is 2. The predicted octanol–water partition coefficient (Wildman–Crippen LogP) is 1.91. The summed E-state index contributed by atoms with van der Waals surface area (Å²) in [5.41, 5.74) is 1.21. The Morgan fingerprint density at radius 3 is 2.59 bits per heavy atom. The Morgan fingerprint density at radius 2 is 2.00 bits per heavy atom. The number of aliphatic hydroxyl groups is 1. The SMILES string of the molecule is Cc1ccc(OCC(O)CNC2CC2)cc1.Cl. The van der Waals surface area contributed by atoms with Crippen LogP contribution in [0.1, 0.15) is 18.4 Å². The first-order chi connectivity index (χ1) is 7.74. The van der Waals surface area contributed by atoms with E-state index in [-0.39, 0.29) is 12.4 Å². The summed E-state index contributed by atoms with van der Waals surface area (Å²) >= 11 is 0. The third kappa shape index (κ3) is 5.39. The standard InChI is InChI=1S/C13H19NO2.ClH/c1-10-2-6-13(7-3-10)16-9-12(15)8-14-11-4-5-11;/h2-3,6-7,11-12,14-15H,4-5,8-9H2,1H3;1H. The van der Waals surface area contributed by atoms with Crippen LogP contribution in [-0.4, -0.2) is 30.4 Å². The van der Waals surface area contributed by atoms with Crippen LogP contribution in [0.5, 0.6) is 5.75 Å². The molecule has 2 N–H and O–H groups in total. The number of nitrogens with one attached hydrogen (secondary N) is 1. The van der Waals surface area contributed by atoms with Gasteiger partial charge in [0.1, 0.15) is 18.5 Å². The molecule has 1 atom stereocenters. The molecule has 0 amide bonds. The molecule has 1 aromatic carbocycles. The van der Waals surface area contributed by atoms with Crippen molar-refractivity contribution >= 4 is 12.4 Å². The molecule has 0 heterocycles. The van der Waals surface area contributed by atoms with Gasteiger partial charge in [-0.1, -0.05) is 17.7 Å². The molecule has 2 rings (SSSR count). The molecule has 0 radical (unpaired) electrons. The smallest absolute Gasteiger partial charge is 0.119 e. The zero-order valence-electron chi connectivity index (χ0n) is 10.1. The van der Waals surface area contributed by atoms with Crippen molar-refractivity contribution < 1.29 is 9.84 Å². The Labute approximate surface area is 109 Å². The molecule has 17 heavy (non-hydrogen) atoms. The maximum absolute atomic E-state index is 9.65. The van der Waals surface area contributed by atoms with E-state index in [1.807, 2.05) is 31.2 Å². The van der Waals surface area contributed by atoms with Gasteiger partial charge in [0.15, 0.2) is 0 Å². The average molecular weight is 258 g/mol. The number of halogens is 1.